The maximum Gasteiger partial charge on any atom is 0.312 e. The summed E-state index contributed by atoms with van der Waals surface area (Å²) in [4.78, 5) is 25.7. The molecule has 2 aromatic carbocycles. The van der Waals surface area contributed by atoms with E-state index in [0.717, 1.165) is 5.56 Å². The van der Waals surface area contributed by atoms with Gasteiger partial charge in [0, 0.05) is 7.05 Å². The number of primary amides is 1. The van der Waals surface area contributed by atoms with Crippen molar-refractivity contribution in [3.63, 3.8) is 0 Å². The first-order valence-electron chi connectivity index (χ1n) is 9.16. The standard InChI is InChI=1S/C22H23N3O4/c1-25(15-19-11-6-12-28-19)21(26)14-20(24-22(23)27)16-7-5-10-18(13-16)29-17-8-3-2-4-9-17/h2-13,20H,14-15H2,1H3,(H3,23,24,27)/t20-/m1/s1. The van der Waals surface area contributed by atoms with Gasteiger partial charge >= 0.3 is 6.03 Å². The molecule has 29 heavy (non-hydrogen) atoms. The molecule has 0 aliphatic heterocycles. The number of ether oxygens (including phenoxy) is 1. The Bertz CT molecular complexity index is 942. The number of hydrogen-bond donors (Lipinski definition) is 2. The first-order chi connectivity index (χ1) is 14.0. The Morgan fingerprint density at radius 1 is 1.07 bits per heavy atom. The highest BCUT2D eigenvalue weighted by Gasteiger charge is 2.21. The van der Waals surface area contributed by atoms with Crippen LogP contribution in [0.3, 0.4) is 0 Å². The van der Waals surface area contributed by atoms with E-state index in [1.54, 1.807) is 42.5 Å². The van der Waals surface area contributed by atoms with Gasteiger partial charge in [0.25, 0.3) is 0 Å². The molecule has 1 heterocycles. The van der Waals surface area contributed by atoms with Crippen LogP contribution in [0.1, 0.15) is 23.8 Å². The van der Waals surface area contributed by atoms with Gasteiger partial charge in [0.05, 0.1) is 25.3 Å². The van der Waals surface area contributed by atoms with Gasteiger partial charge in [-0.05, 0) is 42.0 Å². The van der Waals surface area contributed by atoms with Crippen LogP contribution in [0.2, 0.25) is 0 Å². The number of furan rings is 1. The molecule has 7 nitrogen and oxygen atoms in total. The lowest BCUT2D eigenvalue weighted by Gasteiger charge is -2.22. The summed E-state index contributed by atoms with van der Waals surface area (Å²) in [7, 11) is 1.68. The van der Waals surface area contributed by atoms with E-state index in [-0.39, 0.29) is 12.3 Å². The van der Waals surface area contributed by atoms with E-state index in [1.807, 2.05) is 42.5 Å². The molecule has 7 heteroatoms. The molecular formula is C22H23N3O4. The van der Waals surface area contributed by atoms with Gasteiger partial charge in [0.2, 0.25) is 5.91 Å². The molecule has 0 saturated heterocycles. The number of amides is 3. The summed E-state index contributed by atoms with van der Waals surface area (Å²) >= 11 is 0. The molecule has 3 aromatic rings. The highest BCUT2D eigenvalue weighted by atomic mass is 16.5. The van der Waals surface area contributed by atoms with Gasteiger partial charge in [0.1, 0.15) is 17.3 Å². The lowest BCUT2D eigenvalue weighted by molar-refractivity contribution is -0.131. The van der Waals surface area contributed by atoms with E-state index < -0.39 is 12.1 Å². The van der Waals surface area contributed by atoms with Crippen LogP contribution >= 0.6 is 0 Å². The number of benzene rings is 2. The quantitative estimate of drug-likeness (QED) is 0.608. The first-order valence-corrected chi connectivity index (χ1v) is 9.16. The van der Waals surface area contributed by atoms with Crippen molar-refractivity contribution in [3.8, 4) is 11.5 Å². The second-order valence-electron chi connectivity index (χ2n) is 6.58. The fourth-order valence-corrected chi connectivity index (χ4v) is 2.90. The maximum atomic E-state index is 12.7. The Hall–Kier alpha value is -3.74. The molecule has 1 atom stereocenters. The van der Waals surface area contributed by atoms with Crippen LogP contribution in [0.5, 0.6) is 11.5 Å². The number of carbonyl (C=O) groups excluding carboxylic acids is 2. The second kappa shape index (κ2) is 9.45. The van der Waals surface area contributed by atoms with Crippen molar-refractivity contribution in [1.82, 2.24) is 10.2 Å². The number of urea groups is 1. The minimum atomic E-state index is -0.703. The number of nitrogens with zero attached hydrogens (tertiary/aromatic N) is 1. The molecule has 0 unspecified atom stereocenters. The Kier molecular flexibility index (Phi) is 6.52. The van der Waals surface area contributed by atoms with Crippen molar-refractivity contribution < 1.29 is 18.7 Å². The van der Waals surface area contributed by atoms with E-state index in [4.69, 9.17) is 14.9 Å². The molecule has 0 radical (unpaired) electrons. The van der Waals surface area contributed by atoms with Crippen molar-refractivity contribution in [2.75, 3.05) is 7.05 Å². The molecule has 0 bridgehead atoms. The first kappa shape index (κ1) is 20.0. The molecule has 0 aliphatic carbocycles. The summed E-state index contributed by atoms with van der Waals surface area (Å²) in [6.45, 7) is 0.340. The van der Waals surface area contributed by atoms with Crippen molar-refractivity contribution in [2.24, 2.45) is 5.73 Å². The topological polar surface area (TPSA) is 97.8 Å². The van der Waals surface area contributed by atoms with E-state index in [1.165, 1.54) is 0 Å². The predicted octanol–water partition coefficient (Wildman–Crippen LogP) is 3.83. The largest absolute Gasteiger partial charge is 0.467 e. The number of hydrogen-bond acceptors (Lipinski definition) is 4. The minimum absolute atomic E-state index is 0.0505. The zero-order chi connectivity index (χ0) is 20.6. The van der Waals surface area contributed by atoms with Crippen LogP contribution in [0.15, 0.2) is 77.4 Å². The van der Waals surface area contributed by atoms with Crippen molar-refractivity contribution >= 4 is 11.9 Å². The third kappa shape index (κ3) is 5.87. The van der Waals surface area contributed by atoms with Gasteiger partial charge in [-0.2, -0.15) is 0 Å². The van der Waals surface area contributed by atoms with Gasteiger partial charge in [-0.15, -0.1) is 0 Å². The smallest absolute Gasteiger partial charge is 0.312 e. The lowest BCUT2D eigenvalue weighted by atomic mass is 10.0. The monoisotopic (exact) mass is 393 g/mol. The van der Waals surface area contributed by atoms with E-state index in [2.05, 4.69) is 5.32 Å². The van der Waals surface area contributed by atoms with Crippen LogP contribution in [0.4, 0.5) is 4.79 Å². The summed E-state index contributed by atoms with van der Waals surface area (Å²) < 4.78 is 11.1. The second-order valence-corrected chi connectivity index (χ2v) is 6.58. The van der Waals surface area contributed by atoms with Crippen LogP contribution in [0.25, 0.3) is 0 Å². The Labute approximate surface area is 169 Å². The normalized spacial score (nSPS) is 11.5. The van der Waals surface area contributed by atoms with Gasteiger partial charge in [0.15, 0.2) is 0 Å². The SMILES string of the molecule is CN(Cc1ccco1)C(=O)C[C@@H](NC(N)=O)c1cccc(Oc2ccccc2)c1. The zero-order valence-electron chi connectivity index (χ0n) is 16.1. The lowest BCUT2D eigenvalue weighted by Crippen LogP contribution is -2.37. The van der Waals surface area contributed by atoms with Crippen LogP contribution in [-0.4, -0.2) is 23.9 Å². The molecule has 3 rings (SSSR count). The average molecular weight is 393 g/mol. The van der Waals surface area contributed by atoms with Crippen LogP contribution in [-0.2, 0) is 11.3 Å². The van der Waals surface area contributed by atoms with Crippen molar-refractivity contribution in [2.45, 2.75) is 19.0 Å². The summed E-state index contributed by atoms with van der Waals surface area (Å²) in [6, 6.07) is 18.8. The molecule has 150 valence electrons. The molecule has 0 saturated carbocycles. The maximum absolute atomic E-state index is 12.7. The molecule has 0 aliphatic rings. The van der Waals surface area contributed by atoms with Gasteiger partial charge in [-0.1, -0.05) is 30.3 Å². The third-order valence-electron chi connectivity index (χ3n) is 4.33. The zero-order valence-corrected chi connectivity index (χ0v) is 16.1. The highest BCUT2D eigenvalue weighted by molar-refractivity contribution is 5.78. The number of nitrogens with one attached hydrogen (secondary N) is 1. The number of rotatable bonds is 8. The van der Waals surface area contributed by atoms with E-state index >= 15 is 0 Å². The van der Waals surface area contributed by atoms with Crippen LogP contribution in [0, 0.1) is 0 Å². The number of para-hydroxylation sites is 1. The molecule has 1 aromatic heterocycles. The summed E-state index contributed by atoms with van der Waals surface area (Å²) in [5.41, 5.74) is 6.05. The predicted molar refractivity (Wildman–Crippen MR) is 108 cm³/mol. The van der Waals surface area contributed by atoms with Gasteiger partial charge < -0.3 is 25.1 Å². The Morgan fingerprint density at radius 2 is 1.83 bits per heavy atom. The summed E-state index contributed by atoms with van der Waals surface area (Å²) in [5.74, 6) is 1.81. The van der Waals surface area contributed by atoms with Crippen LogP contribution < -0.4 is 15.8 Å². The third-order valence-corrected chi connectivity index (χ3v) is 4.33. The van der Waals surface area contributed by atoms with E-state index in [0.29, 0.717) is 23.8 Å². The van der Waals surface area contributed by atoms with Crippen molar-refractivity contribution in [1.29, 1.82) is 0 Å². The van der Waals surface area contributed by atoms with Crippen molar-refractivity contribution in [3.05, 3.63) is 84.3 Å². The highest BCUT2D eigenvalue weighted by Crippen LogP contribution is 2.26. The molecule has 3 amide bonds. The average Bonchev–Trinajstić information content (AvgIpc) is 3.21. The fourth-order valence-electron chi connectivity index (χ4n) is 2.90. The number of nitrogens with two attached hydrogens (primary N) is 1. The van der Waals surface area contributed by atoms with Gasteiger partial charge in [-0.25, -0.2) is 4.79 Å². The minimum Gasteiger partial charge on any atom is -0.467 e. The summed E-state index contributed by atoms with van der Waals surface area (Å²) in [5, 5.41) is 2.64. The number of carbonyl (C=O) groups is 2. The fraction of sp³-hybridized carbons (Fsp3) is 0.182. The molecule has 0 spiro atoms. The van der Waals surface area contributed by atoms with E-state index in [9.17, 15) is 9.59 Å². The molecule has 3 N–H and O–H groups in total. The van der Waals surface area contributed by atoms with Gasteiger partial charge in [-0.3, -0.25) is 4.79 Å². The molecule has 0 fully saturated rings. The Balaban J connectivity index is 1.73. The summed E-state index contributed by atoms with van der Waals surface area (Å²) in [6.07, 6.45) is 1.61. The Morgan fingerprint density at radius 3 is 2.52 bits per heavy atom. The molecular weight excluding hydrogens is 370 g/mol.